The van der Waals surface area contributed by atoms with Crippen molar-refractivity contribution in [2.75, 3.05) is 4.90 Å². The van der Waals surface area contributed by atoms with Crippen LogP contribution in [0.2, 0.25) is 0 Å². The molecule has 4 aromatic rings. The smallest absolute Gasteiger partial charge is 0.327 e. The molecule has 0 radical (unpaired) electrons. The first-order valence-electron chi connectivity index (χ1n) is 10.4. The summed E-state index contributed by atoms with van der Waals surface area (Å²) in [5, 5.41) is 6.67. The van der Waals surface area contributed by atoms with Crippen molar-refractivity contribution in [1.29, 1.82) is 0 Å². The molecule has 6 nitrogen and oxygen atoms in total. The van der Waals surface area contributed by atoms with Crippen LogP contribution in [-0.4, -0.2) is 16.2 Å². The Morgan fingerprint density at radius 3 is 2.29 bits per heavy atom. The molecule has 35 heavy (non-hydrogen) atoms. The van der Waals surface area contributed by atoms with E-state index in [4.69, 9.17) is 4.52 Å². The minimum Gasteiger partial charge on any atom is -0.334 e. The highest BCUT2D eigenvalue weighted by Gasteiger charge is 2.37. The summed E-state index contributed by atoms with van der Waals surface area (Å²) in [5.74, 6) is -2.57. The summed E-state index contributed by atoms with van der Waals surface area (Å²) in [6.07, 6.45) is 0. The molecule has 1 unspecified atom stereocenters. The normalized spacial score (nSPS) is 16.0. The van der Waals surface area contributed by atoms with E-state index in [9.17, 15) is 22.4 Å². The van der Waals surface area contributed by atoms with Crippen LogP contribution in [-0.2, 0) is 0 Å². The van der Waals surface area contributed by atoms with Crippen molar-refractivity contribution in [3.63, 3.8) is 0 Å². The lowest BCUT2D eigenvalue weighted by atomic mass is 9.94. The van der Waals surface area contributed by atoms with Gasteiger partial charge in [0.05, 0.1) is 17.3 Å². The summed E-state index contributed by atoms with van der Waals surface area (Å²) in [4.78, 5) is 18.5. The van der Waals surface area contributed by atoms with Crippen LogP contribution in [0.5, 0.6) is 0 Å². The number of nitrogens with zero attached hydrogens (tertiary/aromatic N) is 3. The predicted molar refractivity (Wildman–Crippen MR) is 119 cm³/mol. The summed E-state index contributed by atoms with van der Waals surface area (Å²) in [6, 6.07) is 12.1. The molecule has 176 valence electrons. The van der Waals surface area contributed by atoms with E-state index in [0.717, 1.165) is 17.0 Å². The molecule has 5 rings (SSSR count). The molecule has 2 amide bonds. The van der Waals surface area contributed by atoms with Crippen LogP contribution in [0.15, 0.2) is 77.0 Å². The van der Waals surface area contributed by atoms with Gasteiger partial charge >= 0.3 is 6.03 Å². The van der Waals surface area contributed by atoms with Crippen LogP contribution >= 0.6 is 0 Å². The number of urea groups is 1. The number of allylic oxidation sites excluding steroid dienone is 1. The van der Waals surface area contributed by atoms with Gasteiger partial charge in [0.2, 0.25) is 5.82 Å². The van der Waals surface area contributed by atoms with E-state index in [2.05, 4.69) is 15.5 Å². The first-order chi connectivity index (χ1) is 16.8. The van der Waals surface area contributed by atoms with Crippen LogP contribution in [0.25, 0.3) is 17.0 Å². The van der Waals surface area contributed by atoms with Crippen molar-refractivity contribution in [1.82, 2.24) is 15.5 Å². The third-order valence-corrected chi connectivity index (χ3v) is 5.53. The molecular weight excluding hydrogens is 464 g/mol. The Morgan fingerprint density at radius 1 is 0.886 bits per heavy atom. The zero-order valence-corrected chi connectivity index (χ0v) is 18.1. The van der Waals surface area contributed by atoms with Crippen molar-refractivity contribution in [3.8, 4) is 11.4 Å². The Hall–Kier alpha value is -4.47. The summed E-state index contributed by atoms with van der Waals surface area (Å²) in [6.45, 7) is 1.55. The number of carbonyl (C=O) groups excluding carboxylic acids is 1. The van der Waals surface area contributed by atoms with E-state index in [-0.39, 0.29) is 23.1 Å². The zero-order valence-electron chi connectivity index (χ0n) is 18.1. The largest absolute Gasteiger partial charge is 0.334 e. The lowest BCUT2D eigenvalue weighted by Gasteiger charge is -2.35. The summed E-state index contributed by atoms with van der Waals surface area (Å²) in [7, 11) is 0. The fraction of sp³-hybridized carbons (Fsp3) is 0.0800. The van der Waals surface area contributed by atoms with E-state index in [1.807, 2.05) is 0 Å². The van der Waals surface area contributed by atoms with Crippen LogP contribution in [0.4, 0.5) is 28.0 Å². The fourth-order valence-electron chi connectivity index (χ4n) is 3.98. The number of carbonyl (C=O) groups is 1. The number of hydrogen-bond donors (Lipinski definition) is 1. The molecule has 2 heterocycles. The minimum absolute atomic E-state index is 0.0158. The third kappa shape index (κ3) is 4.25. The lowest BCUT2D eigenvalue weighted by Crippen LogP contribution is -2.46. The molecule has 1 aliphatic rings. The first kappa shape index (κ1) is 22.3. The molecule has 3 aromatic carbocycles. The molecule has 0 saturated carbocycles. The van der Waals surface area contributed by atoms with Crippen molar-refractivity contribution in [3.05, 3.63) is 107 Å². The van der Waals surface area contributed by atoms with Gasteiger partial charge in [0.15, 0.2) is 0 Å². The highest BCUT2D eigenvalue weighted by molar-refractivity contribution is 6.01. The van der Waals surface area contributed by atoms with Gasteiger partial charge in [-0.05, 0) is 61.0 Å². The van der Waals surface area contributed by atoms with Crippen molar-refractivity contribution < 1.29 is 26.9 Å². The molecule has 10 heteroatoms. The summed E-state index contributed by atoms with van der Waals surface area (Å²) in [5.41, 5.74) is 1.33. The second-order valence-electron chi connectivity index (χ2n) is 7.83. The fourth-order valence-corrected chi connectivity index (χ4v) is 3.98. The predicted octanol–water partition coefficient (Wildman–Crippen LogP) is 6.00. The molecule has 0 bridgehead atoms. The average Bonchev–Trinajstić information content (AvgIpc) is 3.28. The number of anilines is 1. The quantitative estimate of drug-likeness (QED) is 0.364. The number of halogens is 4. The van der Waals surface area contributed by atoms with Gasteiger partial charge in [-0.3, -0.25) is 4.90 Å². The molecule has 0 saturated heterocycles. The zero-order chi connectivity index (χ0) is 24.7. The van der Waals surface area contributed by atoms with Gasteiger partial charge in [0.25, 0.3) is 5.89 Å². The molecule has 1 atom stereocenters. The third-order valence-electron chi connectivity index (χ3n) is 5.53. The van der Waals surface area contributed by atoms with Gasteiger partial charge in [-0.1, -0.05) is 17.3 Å². The SMILES string of the molecule is CC1=C(c2nc(-c3ccc(F)cc3)no2)C(c2cccc(F)c2)NC(=O)N1c1cc(F)cc(F)c1. The van der Waals surface area contributed by atoms with E-state index >= 15 is 0 Å². The molecule has 0 aliphatic carbocycles. The lowest BCUT2D eigenvalue weighted by molar-refractivity contribution is 0.244. The molecular formula is C25H16F4N4O2. The Balaban J connectivity index is 1.67. The van der Waals surface area contributed by atoms with Crippen LogP contribution in [0, 0.1) is 23.3 Å². The summed E-state index contributed by atoms with van der Waals surface area (Å²) < 4.78 is 60.7. The Kier molecular flexibility index (Phi) is 5.56. The van der Waals surface area contributed by atoms with E-state index in [0.29, 0.717) is 22.8 Å². The Morgan fingerprint density at radius 2 is 1.60 bits per heavy atom. The first-order valence-corrected chi connectivity index (χ1v) is 10.4. The second-order valence-corrected chi connectivity index (χ2v) is 7.83. The number of nitrogens with one attached hydrogen (secondary N) is 1. The standard InChI is InChI=1S/C25H16F4N4O2/c1-13-21(24-31-23(32-35-24)14-5-7-16(26)8-6-14)22(15-3-2-4-17(27)9-15)30-25(34)33(13)20-11-18(28)10-19(29)12-20/h2-12,22H,1H3,(H,30,34). The average molecular weight is 480 g/mol. The minimum atomic E-state index is -0.908. The van der Waals surface area contributed by atoms with Gasteiger partial charge in [-0.2, -0.15) is 4.98 Å². The maximum absolute atomic E-state index is 14.0. The highest BCUT2D eigenvalue weighted by atomic mass is 19.1. The van der Waals surface area contributed by atoms with Crippen molar-refractivity contribution in [2.45, 2.75) is 13.0 Å². The van der Waals surface area contributed by atoms with Crippen LogP contribution in [0.3, 0.4) is 0 Å². The number of benzene rings is 3. The summed E-state index contributed by atoms with van der Waals surface area (Å²) >= 11 is 0. The molecule has 0 fully saturated rings. The Bertz CT molecular complexity index is 1450. The van der Waals surface area contributed by atoms with E-state index < -0.39 is 35.3 Å². The molecule has 1 aromatic heterocycles. The number of aromatic nitrogens is 2. The van der Waals surface area contributed by atoms with Gasteiger partial charge in [0.1, 0.15) is 23.3 Å². The number of rotatable bonds is 4. The highest BCUT2D eigenvalue weighted by Crippen LogP contribution is 2.39. The monoisotopic (exact) mass is 480 g/mol. The molecule has 1 aliphatic heterocycles. The second kappa shape index (κ2) is 8.71. The number of hydrogen-bond acceptors (Lipinski definition) is 4. The molecule has 1 N–H and O–H groups in total. The van der Waals surface area contributed by atoms with E-state index in [1.165, 1.54) is 42.5 Å². The van der Waals surface area contributed by atoms with E-state index in [1.54, 1.807) is 13.0 Å². The van der Waals surface area contributed by atoms with Crippen LogP contribution in [0.1, 0.15) is 24.4 Å². The van der Waals surface area contributed by atoms with Gasteiger partial charge in [-0.25, -0.2) is 22.4 Å². The Labute approximate surface area is 196 Å². The van der Waals surface area contributed by atoms with Gasteiger partial charge in [0, 0.05) is 17.3 Å². The van der Waals surface area contributed by atoms with Gasteiger partial charge in [-0.15, -0.1) is 0 Å². The van der Waals surface area contributed by atoms with Crippen molar-refractivity contribution in [2.24, 2.45) is 0 Å². The maximum atomic E-state index is 14.0. The van der Waals surface area contributed by atoms with Crippen molar-refractivity contribution >= 4 is 17.3 Å². The molecule has 0 spiro atoms. The van der Waals surface area contributed by atoms with Crippen LogP contribution < -0.4 is 10.2 Å². The topological polar surface area (TPSA) is 71.3 Å². The number of amides is 2. The maximum Gasteiger partial charge on any atom is 0.327 e. The van der Waals surface area contributed by atoms with Gasteiger partial charge < -0.3 is 9.84 Å².